The Labute approximate surface area is 319 Å². The van der Waals surface area contributed by atoms with Crippen LogP contribution in [0.25, 0.3) is 0 Å². The fraction of sp³-hybridized carbons (Fsp3) is 0.921. The van der Waals surface area contributed by atoms with Crippen molar-refractivity contribution < 1.29 is 84.3 Å². The molecule has 17 heteroatoms. The van der Waals surface area contributed by atoms with Crippen LogP contribution in [-0.4, -0.2) is 168 Å². The second-order valence-electron chi connectivity index (χ2n) is 18.0. The molecule has 3 heterocycles. The summed E-state index contributed by atoms with van der Waals surface area (Å²) in [5, 5.41) is 104. The zero-order valence-electron chi connectivity index (χ0n) is 31.6. The van der Waals surface area contributed by atoms with Gasteiger partial charge in [-0.15, -0.1) is 0 Å². The van der Waals surface area contributed by atoms with Gasteiger partial charge in [0, 0.05) is 0 Å². The Morgan fingerprint density at radius 1 is 0.727 bits per heavy atom. The number of fused-ring (bicyclic) bond motifs is 3. The summed E-state index contributed by atoms with van der Waals surface area (Å²) in [6.45, 7) is 8.81. The van der Waals surface area contributed by atoms with E-state index in [1.807, 2.05) is 6.92 Å². The highest BCUT2D eigenvalue weighted by molar-refractivity contribution is 5.77. The van der Waals surface area contributed by atoms with Crippen LogP contribution < -0.4 is 0 Å². The van der Waals surface area contributed by atoms with Gasteiger partial charge in [-0.2, -0.15) is 0 Å². The van der Waals surface area contributed by atoms with Crippen LogP contribution in [0.4, 0.5) is 0 Å². The summed E-state index contributed by atoms with van der Waals surface area (Å²) in [6.07, 6.45) is -16.2. The molecule has 17 nitrogen and oxygen atoms in total. The van der Waals surface area contributed by atoms with Gasteiger partial charge in [0.05, 0.1) is 30.3 Å². The molecule has 314 valence electrons. The molecule has 0 unspecified atom stereocenters. The molecule has 0 aromatic heterocycles. The van der Waals surface area contributed by atoms with Gasteiger partial charge in [0.2, 0.25) is 6.29 Å². The van der Waals surface area contributed by atoms with Crippen LogP contribution in [0.2, 0.25) is 0 Å². The monoisotopic (exact) mass is 788 g/mol. The molecule has 55 heavy (non-hydrogen) atoms. The van der Waals surface area contributed by atoms with Gasteiger partial charge in [0.15, 0.2) is 12.6 Å². The smallest absolute Gasteiger partial charge is 0.314 e. The third kappa shape index (κ3) is 6.63. The van der Waals surface area contributed by atoms with Gasteiger partial charge in [0.25, 0.3) is 0 Å². The molecule has 10 N–H and O–H groups in total. The van der Waals surface area contributed by atoms with Crippen molar-refractivity contribution in [3.63, 3.8) is 0 Å². The van der Waals surface area contributed by atoms with Crippen LogP contribution in [0.5, 0.6) is 0 Å². The molecule has 0 radical (unpaired) electrons. The van der Waals surface area contributed by atoms with Gasteiger partial charge in [-0.1, -0.05) is 19.9 Å². The van der Waals surface area contributed by atoms with Gasteiger partial charge >= 0.3 is 5.97 Å². The van der Waals surface area contributed by atoms with Crippen molar-refractivity contribution >= 4 is 5.97 Å². The van der Waals surface area contributed by atoms with Crippen molar-refractivity contribution in [3.8, 4) is 0 Å². The first kappa shape index (κ1) is 41.8. The predicted molar refractivity (Wildman–Crippen MR) is 185 cm³/mol. The Morgan fingerprint density at radius 2 is 1.33 bits per heavy atom. The molecule has 4 aliphatic carbocycles. The van der Waals surface area contributed by atoms with E-state index in [1.54, 1.807) is 0 Å². The number of ether oxygens (including phenoxy) is 6. The summed E-state index contributed by atoms with van der Waals surface area (Å²) in [5.74, 6) is -0.536. The van der Waals surface area contributed by atoms with E-state index < -0.39 is 122 Å². The Balaban J connectivity index is 1.10. The third-order valence-electron chi connectivity index (χ3n) is 14.9. The lowest BCUT2D eigenvalue weighted by Crippen LogP contribution is -2.65. The molecule has 4 saturated carbocycles. The van der Waals surface area contributed by atoms with Gasteiger partial charge in [-0.3, -0.25) is 4.79 Å². The Morgan fingerprint density at radius 3 is 2.00 bits per heavy atom. The number of esters is 1. The van der Waals surface area contributed by atoms with E-state index in [0.717, 1.165) is 24.8 Å². The van der Waals surface area contributed by atoms with E-state index in [-0.39, 0.29) is 22.7 Å². The highest BCUT2D eigenvalue weighted by Crippen LogP contribution is 2.73. The Kier molecular flexibility index (Phi) is 11.4. The fourth-order valence-electron chi connectivity index (χ4n) is 12.0. The maximum Gasteiger partial charge on any atom is 0.314 e. The fourth-order valence-corrected chi connectivity index (χ4v) is 12.0. The number of aliphatic hydroxyl groups is 10. The Bertz CT molecular complexity index is 1430. The summed E-state index contributed by atoms with van der Waals surface area (Å²) in [7, 11) is 0. The minimum absolute atomic E-state index is 0.108. The summed E-state index contributed by atoms with van der Waals surface area (Å²) in [4.78, 5) is 14.1. The van der Waals surface area contributed by atoms with Crippen molar-refractivity contribution in [2.45, 2.75) is 176 Å². The average Bonchev–Trinajstić information content (AvgIpc) is 3.35. The number of aliphatic hydroxyl groups excluding tert-OH is 10. The van der Waals surface area contributed by atoms with E-state index in [9.17, 15) is 55.9 Å². The molecular weight excluding hydrogens is 728 g/mol. The van der Waals surface area contributed by atoms with E-state index in [2.05, 4.69) is 13.5 Å². The third-order valence-corrected chi connectivity index (χ3v) is 14.9. The molecule has 0 aromatic rings. The molecule has 0 aromatic carbocycles. The summed E-state index contributed by atoms with van der Waals surface area (Å²) < 4.78 is 35.8. The second-order valence-corrected chi connectivity index (χ2v) is 18.0. The molecular formula is C38H60O17. The minimum atomic E-state index is -1.70. The van der Waals surface area contributed by atoms with Gasteiger partial charge in [-0.05, 0) is 93.5 Å². The Hall–Kier alpha value is -1.39. The lowest BCUT2D eigenvalue weighted by Gasteiger charge is -2.64. The molecule has 2 bridgehead atoms. The van der Waals surface area contributed by atoms with E-state index in [4.69, 9.17) is 28.4 Å². The normalized spacial score (nSPS) is 55.4. The molecule has 7 fully saturated rings. The summed E-state index contributed by atoms with van der Waals surface area (Å²) in [5.41, 5.74) is -1.66. The van der Waals surface area contributed by atoms with Crippen molar-refractivity contribution in [1.29, 1.82) is 0 Å². The van der Waals surface area contributed by atoms with E-state index >= 15 is 0 Å². The van der Waals surface area contributed by atoms with Crippen LogP contribution in [0.15, 0.2) is 12.2 Å². The summed E-state index contributed by atoms with van der Waals surface area (Å²) in [6, 6.07) is 0. The quantitative estimate of drug-likeness (QED) is 0.0730. The predicted octanol–water partition coefficient (Wildman–Crippen LogP) is -1.91. The lowest BCUT2D eigenvalue weighted by molar-refractivity contribution is -0.376. The molecule has 1 spiro atoms. The van der Waals surface area contributed by atoms with Crippen LogP contribution in [0, 0.1) is 28.1 Å². The van der Waals surface area contributed by atoms with Crippen LogP contribution in [-0.2, 0) is 33.2 Å². The highest BCUT2D eigenvalue weighted by atomic mass is 16.8. The second kappa shape index (κ2) is 15.0. The molecule has 7 rings (SSSR count). The zero-order valence-corrected chi connectivity index (χ0v) is 31.6. The minimum Gasteiger partial charge on any atom is -0.432 e. The summed E-state index contributed by atoms with van der Waals surface area (Å²) >= 11 is 0. The number of carbonyl (C=O) groups excluding carboxylic acids is 1. The first-order valence-electron chi connectivity index (χ1n) is 19.7. The van der Waals surface area contributed by atoms with Gasteiger partial charge in [0.1, 0.15) is 67.1 Å². The maximum absolute atomic E-state index is 14.1. The first-order chi connectivity index (χ1) is 25.9. The SMILES string of the molecule is C=C1C[C@@]23CC[C@@H]4[C@](C)(CCC[C@]4(C)C(=O)O[C@H]4O[C@@H](CO)[C@H](O)[C@@H](O)[C@@H]4O)[C@H]2CC[C@]1(O[C@H]1O[C@@H](CO)[C@H](O)[C@@H](O)[C@@H]1O[C@H]1O[C@H](C)[C@@H](O)[C@H](O)[C@@H]1O)C3. The first-order valence-corrected chi connectivity index (χ1v) is 19.7. The lowest BCUT2D eigenvalue weighted by atomic mass is 9.41. The largest absolute Gasteiger partial charge is 0.432 e. The standard InChI is InChI=1S/C38H60O17/c1-16-12-37-10-6-20-35(3,8-5-9-36(20,4)34(49)54-32-29(48)26(45)23(42)18(13-39)51-32)21(37)7-11-38(16,15-37)55-33-30(27(46)24(43)19(14-40)52-33)53-31-28(47)25(44)22(41)17(2)50-31/h17-33,39-48H,1,5-15H2,2-4H3/t17-,18+,19+,20-,21-,22-,23+,24+,25+,26-,27-,28+,29+,30+,31-,32-,33-,35+,36+,37-,38+/m1/s1. The van der Waals surface area contributed by atoms with Crippen LogP contribution in [0.3, 0.4) is 0 Å². The highest BCUT2D eigenvalue weighted by Gasteiger charge is 2.69. The van der Waals surface area contributed by atoms with E-state index in [0.29, 0.717) is 38.5 Å². The van der Waals surface area contributed by atoms with Crippen molar-refractivity contribution in [3.05, 3.63) is 12.2 Å². The van der Waals surface area contributed by atoms with Crippen molar-refractivity contribution in [1.82, 2.24) is 0 Å². The number of carbonyl (C=O) groups is 1. The van der Waals surface area contributed by atoms with Crippen molar-refractivity contribution in [2.75, 3.05) is 13.2 Å². The number of hydrogen-bond donors (Lipinski definition) is 10. The molecule has 3 saturated heterocycles. The van der Waals surface area contributed by atoms with Crippen LogP contribution in [0.1, 0.15) is 78.6 Å². The average molecular weight is 789 g/mol. The van der Waals surface area contributed by atoms with E-state index in [1.165, 1.54) is 6.92 Å². The zero-order chi connectivity index (χ0) is 40.0. The maximum atomic E-state index is 14.1. The topological polar surface area (TPSA) is 275 Å². The molecule has 3 aliphatic heterocycles. The number of rotatable bonds is 8. The molecule has 7 aliphatic rings. The molecule has 21 atom stereocenters. The number of hydrogen-bond acceptors (Lipinski definition) is 17. The molecule has 0 amide bonds. The van der Waals surface area contributed by atoms with Crippen LogP contribution >= 0.6 is 0 Å². The van der Waals surface area contributed by atoms with Gasteiger partial charge < -0.3 is 79.5 Å². The van der Waals surface area contributed by atoms with Gasteiger partial charge in [-0.25, -0.2) is 0 Å². The van der Waals surface area contributed by atoms with Crippen molar-refractivity contribution in [2.24, 2.45) is 28.1 Å².